The molecule has 0 saturated carbocycles. The van der Waals surface area contributed by atoms with E-state index in [0.717, 1.165) is 17.2 Å². The molecule has 122 valence electrons. The zero-order chi connectivity index (χ0) is 17.1. The number of rotatable bonds is 5. The molecule has 3 rings (SSSR count). The minimum absolute atomic E-state index is 0.179. The van der Waals surface area contributed by atoms with Crippen molar-refractivity contribution >= 4 is 28.8 Å². The van der Waals surface area contributed by atoms with E-state index in [9.17, 15) is 9.59 Å². The second-order valence-electron chi connectivity index (χ2n) is 5.17. The van der Waals surface area contributed by atoms with Crippen LogP contribution in [0.4, 0.5) is 0 Å². The van der Waals surface area contributed by atoms with Crippen LogP contribution in [0.25, 0.3) is 10.9 Å². The molecule has 1 heterocycles. The van der Waals surface area contributed by atoms with Gasteiger partial charge < -0.3 is 14.5 Å². The number of hydrogen-bond acceptors (Lipinski definition) is 4. The summed E-state index contributed by atoms with van der Waals surface area (Å²) in [5, 5.41) is 1.39. The van der Waals surface area contributed by atoms with Crippen molar-refractivity contribution in [3.63, 3.8) is 0 Å². The van der Waals surface area contributed by atoms with Crippen molar-refractivity contribution in [2.24, 2.45) is 0 Å². The number of carbonyl (C=O) groups is 1. The predicted octanol–water partition coefficient (Wildman–Crippen LogP) is 3.58. The van der Waals surface area contributed by atoms with Crippen LogP contribution in [0.3, 0.4) is 0 Å². The number of methoxy groups -OCH3 is 1. The zero-order valence-corrected chi connectivity index (χ0v) is 13.6. The summed E-state index contributed by atoms with van der Waals surface area (Å²) in [4.78, 5) is 25.4. The van der Waals surface area contributed by atoms with Crippen LogP contribution < -0.4 is 15.0 Å². The highest BCUT2D eigenvalue weighted by atomic mass is 35.5. The molecule has 0 unspecified atom stereocenters. The van der Waals surface area contributed by atoms with Gasteiger partial charge in [0.2, 0.25) is 5.56 Å². The average molecular weight is 344 g/mol. The maximum atomic E-state index is 11.8. The number of aromatic amines is 1. The van der Waals surface area contributed by atoms with Gasteiger partial charge in [-0.25, -0.2) is 0 Å². The van der Waals surface area contributed by atoms with Crippen molar-refractivity contribution in [1.29, 1.82) is 0 Å². The molecule has 0 radical (unpaired) electrons. The third-order valence-electron chi connectivity index (χ3n) is 3.60. The van der Waals surface area contributed by atoms with Gasteiger partial charge in [0.15, 0.2) is 11.5 Å². The summed E-state index contributed by atoms with van der Waals surface area (Å²) >= 11 is 5.97. The summed E-state index contributed by atoms with van der Waals surface area (Å²) in [5.74, 6) is 0.947. The standard InChI is InChI=1S/C18H14ClNO4/c1-23-17-6-11(9-21)2-5-16(17)24-10-12-7-18(22)20-15-8-13(19)3-4-14(12)15/h2-9H,10H2,1H3,(H,20,22). The quantitative estimate of drug-likeness (QED) is 0.719. The molecule has 24 heavy (non-hydrogen) atoms. The summed E-state index contributed by atoms with van der Waals surface area (Å²) in [6, 6.07) is 11.7. The fourth-order valence-electron chi connectivity index (χ4n) is 2.46. The molecule has 1 N–H and O–H groups in total. The maximum absolute atomic E-state index is 11.8. The van der Waals surface area contributed by atoms with Crippen molar-refractivity contribution in [1.82, 2.24) is 4.98 Å². The van der Waals surface area contributed by atoms with Crippen LogP contribution in [-0.4, -0.2) is 18.4 Å². The molecule has 0 aliphatic heterocycles. The number of ether oxygens (including phenoxy) is 2. The number of nitrogens with one attached hydrogen (secondary N) is 1. The Bertz CT molecular complexity index is 965. The smallest absolute Gasteiger partial charge is 0.248 e. The predicted molar refractivity (Wildman–Crippen MR) is 92.3 cm³/mol. The Morgan fingerprint density at radius 3 is 2.71 bits per heavy atom. The first-order valence-electron chi connectivity index (χ1n) is 7.18. The van der Waals surface area contributed by atoms with Gasteiger partial charge in [0, 0.05) is 27.6 Å². The number of hydrogen-bond donors (Lipinski definition) is 1. The maximum Gasteiger partial charge on any atom is 0.248 e. The molecule has 0 spiro atoms. The van der Waals surface area contributed by atoms with E-state index in [1.807, 2.05) is 6.07 Å². The highest BCUT2D eigenvalue weighted by Crippen LogP contribution is 2.29. The van der Waals surface area contributed by atoms with Crippen LogP contribution in [0.15, 0.2) is 47.3 Å². The van der Waals surface area contributed by atoms with Gasteiger partial charge in [0.1, 0.15) is 12.9 Å². The zero-order valence-electron chi connectivity index (χ0n) is 12.8. The minimum Gasteiger partial charge on any atom is -0.493 e. The highest BCUT2D eigenvalue weighted by Gasteiger charge is 2.09. The number of pyridine rings is 1. The number of carbonyl (C=O) groups excluding carboxylic acids is 1. The molecular weight excluding hydrogens is 330 g/mol. The number of fused-ring (bicyclic) bond motifs is 1. The Hall–Kier alpha value is -2.79. The molecule has 5 nitrogen and oxygen atoms in total. The number of aromatic nitrogens is 1. The highest BCUT2D eigenvalue weighted by molar-refractivity contribution is 6.31. The molecule has 0 fully saturated rings. The molecule has 0 aliphatic carbocycles. The minimum atomic E-state index is -0.230. The number of H-pyrrole nitrogens is 1. The van der Waals surface area contributed by atoms with Crippen molar-refractivity contribution in [2.75, 3.05) is 7.11 Å². The summed E-state index contributed by atoms with van der Waals surface area (Å²) in [6.07, 6.45) is 0.736. The van der Waals surface area contributed by atoms with Crippen LogP contribution in [0.5, 0.6) is 11.5 Å². The van der Waals surface area contributed by atoms with Gasteiger partial charge in [-0.3, -0.25) is 9.59 Å². The SMILES string of the molecule is COc1cc(C=O)ccc1OCc1cc(=O)[nH]c2cc(Cl)ccc12. The van der Waals surface area contributed by atoms with Gasteiger partial charge in [0.25, 0.3) is 0 Å². The molecular formula is C18H14ClNO4. The second kappa shape index (κ2) is 6.76. The molecule has 6 heteroatoms. The Kier molecular flexibility index (Phi) is 4.53. The summed E-state index contributed by atoms with van der Waals surface area (Å²) in [5.41, 5.74) is 1.64. The first-order chi connectivity index (χ1) is 11.6. The van der Waals surface area contributed by atoms with Crippen molar-refractivity contribution in [3.05, 3.63) is 69.0 Å². The second-order valence-corrected chi connectivity index (χ2v) is 5.60. The Balaban J connectivity index is 1.94. The van der Waals surface area contributed by atoms with Gasteiger partial charge in [-0.05, 0) is 30.3 Å². The average Bonchev–Trinajstić information content (AvgIpc) is 2.58. The van der Waals surface area contributed by atoms with Gasteiger partial charge in [-0.1, -0.05) is 17.7 Å². The van der Waals surface area contributed by atoms with Crippen LogP contribution in [0.2, 0.25) is 5.02 Å². The fourth-order valence-corrected chi connectivity index (χ4v) is 2.63. The van der Waals surface area contributed by atoms with E-state index in [0.29, 0.717) is 27.6 Å². The lowest BCUT2D eigenvalue weighted by atomic mass is 10.1. The topological polar surface area (TPSA) is 68.4 Å². The van der Waals surface area contributed by atoms with Crippen molar-refractivity contribution in [2.45, 2.75) is 6.61 Å². The number of aldehydes is 1. The fraction of sp³-hybridized carbons (Fsp3) is 0.111. The molecule has 0 atom stereocenters. The molecule has 0 aliphatic rings. The number of halogens is 1. The summed E-state index contributed by atoms with van der Waals surface area (Å²) in [7, 11) is 1.50. The van der Waals surface area contributed by atoms with E-state index < -0.39 is 0 Å². The molecule has 2 aromatic carbocycles. The Morgan fingerprint density at radius 2 is 1.96 bits per heavy atom. The van der Waals surface area contributed by atoms with E-state index in [-0.39, 0.29) is 12.2 Å². The molecule has 0 bridgehead atoms. The van der Waals surface area contributed by atoms with Crippen LogP contribution in [0, 0.1) is 0 Å². The van der Waals surface area contributed by atoms with Gasteiger partial charge in [0.05, 0.1) is 12.6 Å². The Labute approximate surface area is 142 Å². The monoisotopic (exact) mass is 343 g/mol. The van der Waals surface area contributed by atoms with E-state index in [2.05, 4.69) is 4.98 Å². The number of benzene rings is 2. The van der Waals surface area contributed by atoms with E-state index in [1.165, 1.54) is 13.2 Å². The van der Waals surface area contributed by atoms with Crippen LogP contribution in [0.1, 0.15) is 15.9 Å². The third kappa shape index (κ3) is 3.26. The van der Waals surface area contributed by atoms with Crippen molar-refractivity contribution in [3.8, 4) is 11.5 Å². The normalized spacial score (nSPS) is 10.6. The summed E-state index contributed by atoms with van der Waals surface area (Å²) in [6.45, 7) is 0.179. The van der Waals surface area contributed by atoms with Crippen molar-refractivity contribution < 1.29 is 14.3 Å². The first-order valence-corrected chi connectivity index (χ1v) is 7.56. The van der Waals surface area contributed by atoms with E-state index >= 15 is 0 Å². The lowest BCUT2D eigenvalue weighted by Crippen LogP contribution is -2.08. The summed E-state index contributed by atoms with van der Waals surface area (Å²) < 4.78 is 11.0. The van der Waals surface area contributed by atoms with E-state index in [1.54, 1.807) is 30.3 Å². The lowest BCUT2D eigenvalue weighted by molar-refractivity contribution is 0.112. The van der Waals surface area contributed by atoms with Gasteiger partial charge >= 0.3 is 0 Å². The third-order valence-corrected chi connectivity index (χ3v) is 3.83. The molecule has 3 aromatic rings. The van der Waals surface area contributed by atoms with Gasteiger partial charge in [-0.2, -0.15) is 0 Å². The van der Waals surface area contributed by atoms with E-state index in [4.69, 9.17) is 21.1 Å². The largest absolute Gasteiger partial charge is 0.493 e. The lowest BCUT2D eigenvalue weighted by Gasteiger charge is -2.12. The van der Waals surface area contributed by atoms with Gasteiger partial charge in [-0.15, -0.1) is 0 Å². The van der Waals surface area contributed by atoms with Crippen LogP contribution >= 0.6 is 11.6 Å². The molecule has 0 amide bonds. The molecule has 1 aromatic heterocycles. The van der Waals surface area contributed by atoms with Crippen LogP contribution in [-0.2, 0) is 6.61 Å². The Morgan fingerprint density at radius 1 is 1.12 bits per heavy atom. The first kappa shape index (κ1) is 16.1. The molecule has 0 saturated heterocycles.